The predicted octanol–water partition coefficient (Wildman–Crippen LogP) is 3.12. The van der Waals surface area contributed by atoms with Crippen molar-refractivity contribution in [1.82, 2.24) is 19.9 Å². The second-order valence-electron chi connectivity index (χ2n) is 7.02. The lowest BCUT2D eigenvalue weighted by molar-refractivity contribution is -0.134. The topological polar surface area (TPSA) is 61.9 Å². The van der Waals surface area contributed by atoms with Gasteiger partial charge < -0.3 is 9.88 Å². The third-order valence-electron chi connectivity index (χ3n) is 5.44. The summed E-state index contributed by atoms with van der Waals surface area (Å²) in [5.41, 5.74) is 4.17. The first-order valence-corrected chi connectivity index (χ1v) is 8.46. The number of carbonyl (C=O) groups is 1. The van der Waals surface area contributed by atoms with Crippen molar-refractivity contribution in [1.29, 1.82) is 0 Å². The molecule has 0 saturated heterocycles. The Morgan fingerprint density at radius 1 is 1.32 bits per heavy atom. The molecule has 0 radical (unpaired) electrons. The van der Waals surface area contributed by atoms with Crippen LogP contribution in [0.2, 0.25) is 0 Å². The van der Waals surface area contributed by atoms with Crippen LogP contribution < -0.4 is 0 Å². The van der Waals surface area contributed by atoms with Gasteiger partial charge in [-0.25, -0.2) is 9.37 Å². The van der Waals surface area contributed by atoms with Gasteiger partial charge in [-0.1, -0.05) is 12.1 Å². The SMILES string of the molecule is CC(=O)N1C(c2cccc(F)c2)c2[nH]c3nccnc3c2CC12CC2. The van der Waals surface area contributed by atoms with Crippen molar-refractivity contribution in [2.45, 2.75) is 37.8 Å². The van der Waals surface area contributed by atoms with Gasteiger partial charge in [-0.3, -0.25) is 9.78 Å². The summed E-state index contributed by atoms with van der Waals surface area (Å²) in [6.07, 6.45) is 6.03. The van der Waals surface area contributed by atoms with Crippen molar-refractivity contribution in [3.8, 4) is 0 Å². The Hall–Kier alpha value is -2.76. The number of halogens is 1. The molecule has 3 aromatic rings. The lowest BCUT2D eigenvalue weighted by Gasteiger charge is -2.42. The van der Waals surface area contributed by atoms with Gasteiger partial charge in [0.05, 0.1) is 6.04 Å². The van der Waals surface area contributed by atoms with Gasteiger partial charge in [0, 0.05) is 36.1 Å². The van der Waals surface area contributed by atoms with Crippen molar-refractivity contribution >= 4 is 17.1 Å². The molecule has 1 atom stereocenters. The Kier molecular flexibility index (Phi) is 2.84. The van der Waals surface area contributed by atoms with Gasteiger partial charge >= 0.3 is 0 Å². The molecule has 126 valence electrons. The van der Waals surface area contributed by atoms with Crippen LogP contribution >= 0.6 is 0 Å². The molecule has 1 saturated carbocycles. The zero-order valence-electron chi connectivity index (χ0n) is 13.8. The Labute approximate surface area is 143 Å². The number of aromatic amines is 1. The highest BCUT2D eigenvalue weighted by Crippen LogP contribution is 2.54. The van der Waals surface area contributed by atoms with E-state index >= 15 is 0 Å². The minimum atomic E-state index is -0.338. The van der Waals surface area contributed by atoms with E-state index in [9.17, 15) is 9.18 Å². The second kappa shape index (κ2) is 4.88. The molecule has 1 unspecified atom stereocenters. The Bertz CT molecular complexity index is 1010. The normalized spacial score (nSPS) is 20.7. The molecule has 2 aromatic heterocycles. The number of hydrogen-bond acceptors (Lipinski definition) is 3. The van der Waals surface area contributed by atoms with Gasteiger partial charge in [0.1, 0.15) is 11.3 Å². The average Bonchev–Trinajstić information content (AvgIpc) is 3.25. The maximum atomic E-state index is 13.9. The Balaban J connectivity index is 1.80. The lowest BCUT2D eigenvalue weighted by atomic mass is 9.87. The van der Waals surface area contributed by atoms with Crippen LogP contribution in [0.1, 0.15) is 42.6 Å². The molecule has 3 heterocycles. The number of rotatable bonds is 1. The molecule has 25 heavy (non-hydrogen) atoms. The van der Waals surface area contributed by atoms with Gasteiger partial charge in [0.25, 0.3) is 0 Å². The number of hydrogen-bond donors (Lipinski definition) is 1. The third kappa shape index (κ3) is 2.03. The van der Waals surface area contributed by atoms with Crippen molar-refractivity contribution in [2.75, 3.05) is 0 Å². The summed E-state index contributed by atoms with van der Waals surface area (Å²) in [5, 5.41) is 0. The van der Waals surface area contributed by atoms with Crippen LogP contribution in [0, 0.1) is 5.82 Å². The van der Waals surface area contributed by atoms with Gasteiger partial charge in [-0.15, -0.1) is 0 Å². The fourth-order valence-corrected chi connectivity index (χ4v) is 4.28. The number of fused-ring (bicyclic) bond motifs is 3. The Morgan fingerprint density at radius 2 is 2.12 bits per heavy atom. The lowest BCUT2D eigenvalue weighted by Crippen LogP contribution is -2.48. The minimum absolute atomic E-state index is 0.0111. The van der Waals surface area contributed by atoms with Crippen LogP contribution in [0.15, 0.2) is 36.7 Å². The molecule has 6 heteroatoms. The van der Waals surface area contributed by atoms with Gasteiger partial charge in [0.15, 0.2) is 5.65 Å². The van der Waals surface area contributed by atoms with Crippen molar-refractivity contribution in [3.63, 3.8) is 0 Å². The first-order chi connectivity index (χ1) is 12.1. The molecule has 1 spiro atoms. The minimum Gasteiger partial charge on any atom is -0.339 e. The van der Waals surface area contributed by atoms with Crippen LogP contribution in [0.3, 0.4) is 0 Å². The molecule has 1 aliphatic carbocycles. The van der Waals surface area contributed by atoms with Crippen LogP contribution in [-0.2, 0) is 11.2 Å². The summed E-state index contributed by atoms with van der Waals surface area (Å²) < 4.78 is 13.9. The first-order valence-electron chi connectivity index (χ1n) is 8.46. The Morgan fingerprint density at radius 3 is 2.84 bits per heavy atom. The first kappa shape index (κ1) is 14.6. The summed E-state index contributed by atoms with van der Waals surface area (Å²) in [5.74, 6) is -0.290. The van der Waals surface area contributed by atoms with E-state index in [-0.39, 0.29) is 23.3 Å². The van der Waals surface area contributed by atoms with Crippen LogP contribution in [0.4, 0.5) is 4.39 Å². The molecule has 5 nitrogen and oxygen atoms in total. The van der Waals surface area contributed by atoms with Gasteiger partial charge in [-0.05, 0) is 37.0 Å². The van der Waals surface area contributed by atoms with E-state index in [1.165, 1.54) is 12.1 Å². The summed E-state index contributed by atoms with van der Waals surface area (Å²) in [7, 11) is 0. The van der Waals surface area contributed by atoms with E-state index in [2.05, 4.69) is 15.0 Å². The van der Waals surface area contributed by atoms with E-state index in [0.29, 0.717) is 0 Å². The molecule has 1 fully saturated rings. The number of aromatic nitrogens is 3. The predicted molar refractivity (Wildman–Crippen MR) is 90.3 cm³/mol. The van der Waals surface area contributed by atoms with Gasteiger partial charge in [-0.2, -0.15) is 0 Å². The van der Waals surface area contributed by atoms with E-state index in [0.717, 1.165) is 47.2 Å². The van der Waals surface area contributed by atoms with Gasteiger partial charge in [0.2, 0.25) is 5.91 Å². The van der Waals surface area contributed by atoms with Crippen LogP contribution in [0.5, 0.6) is 0 Å². The zero-order chi connectivity index (χ0) is 17.2. The number of H-pyrrole nitrogens is 1. The fourth-order valence-electron chi connectivity index (χ4n) is 4.28. The fraction of sp³-hybridized carbons (Fsp3) is 0.316. The zero-order valence-corrected chi connectivity index (χ0v) is 13.8. The molecule has 1 aliphatic heterocycles. The number of amides is 1. The summed E-state index contributed by atoms with van der Waals surface area (Å²) >= 11 is 0. The van der Waals surface area contributed by atoms with Crippen molar-refractivity contribution in [2.24, 2.45) is 0 Å². The maximum Gasteiger partial charge on any atom is 0.220 e. The van der Waals surface area contributed by atoms with Crippen molar-refractivity contribution < 1.29 is 9.18 Å². The molecule has 1 amide bonds. The number of carbonyl (C=O) groups excluding carboxylic acids is 1. The summed E-state index contributed by atoms with van der Waals surface area (Å²) in [4.78, 5) is 26.7. The highest BCUT2D eigenvalue weighted by atomic mass is 19.1. The molecular formula is C19H17FN4O. The molecule has 1 N–H and O–H groups in total. The largest absolute Gasteiger partial charge is 0.339 e. The maximum absolute atomic E-state index is 13.9. The number of nitrogens with zero attached hydrogens (tertiary/aromatic N) is 3. The highest BCUT2D eigenvalue weighted by molar-refractivity contribution is 5.82. The van der Waals surface area contributed by atoms with E-state index in [4.69, 9.17) is 0 Å². The van der Waals surface area contributed by atoms with E-state index in [1.807, 2.05) is 11.0 Å². The quantitative estimate of drug-likeness (QED) is 0.743. The average molecular weight is 336 g/mol. The molecule has 5 rings (SSSR count). The van der Waals surface area contributed by atoms with Crippen molar-refractivity contribution in [3.05, 3.63) is 59.3 Å². The smallest absolute Gasteiger partial charge is 0.220 e. The molecular weight excluding hydrogens is 319 g/mol. The number of nitrogens with one attached hydrogen (secondary N) is 1. The van der Waals surface area contributed by atoms with Crippen LogP contribution in [-0.4, -0.2) is 31.3 Å². The standard InChI is InChI=1S/C19H17FN4O/c1-11(25)24-17(12-3-2-4-13(20)9-12)15-14(10-19(24)5-6-19)16-18(23-15)22-8-7-21-16/h2-4,7-9,17H,5-6,10H2,1H3,(H,22,23). The monoisotopic (exact) mass is 336 g/mol. The third-order valence-corrected chi connectivity index (χ3v) is 5.44. The van der Waals surface area contributed by atoms with Crippen LogP contribution in [0.25, 0.3) is 11.2 Å². The molecule has 2 aliphatic rings. The summed E-state index contributed by atoms with van der Waals surface area (Å²) in [6.45, 7) is 1.59. The highest BCUT2D eigenvalue weighted by Gasteiger charge is 2.56. The van der Waals surface area contributed by atoms with E-state index in [1.54, 1.807) is 25.4 Å². The molecule has 0 bridgehead atoms. The second-order valence-corrected chi connectivity index (χ2v) is 7.02. The summed E-state index contributed by atoms with van der Waals surface area (Å²) in [6, 6.07) is 6.16. The van der Waals surface area contributed by atoms with E-state index < -0.39 is 0 Å². The number of benzene rings is 1. The molecule has 1 aromatic carbocycles.